The van der Waals surface area contributed by atoms with E-state index in [1.165, 1.54) is 5.56 Å². The maximum Gasteiger partial charge on any atom is 0.191 e. The zero-order chi connectivity index (χ0) is 19.6. The molecular weight excluding hydrogens is 350 g/mol. The van der Waals surface area contributed by atoms with Gasteiger partial charge in [-0.2, -0.15) is 10.2 Å². The highest BCUT2D eigenvalue weighted by Crippen LogP contribution is 2.08. The van der Waals surface area contributed by atoms with E-state index in [0.717, 1.165) is 44.2 Å². The first-order valence-corrected chi connectivity index (χ1v) is 9.83. The van der Waals surface area contributed by atoms with Crippen molar-refractivity contribution in [3.8, 4) is 5.69 Å². The molecule has 2 aromatic heterocycles. The summed E-state index contributed by atoms with van der Waals surface area (Å²) in [6.07, 6.45) is 8.47. The van der Waals surface area contributed by atoms with Crippen LogP contribution in [-0.4, -0.2) is 45.2 Å². The molecule has 148 valence electrons. The molecule has 1 atom stereocenters. The molecular formula is C21H29N7. The molecule has 0 aliphatic heterocycles. The predicted octanol–water partition coefficient (Wildman–Crippen LogP) is 2.50. The molecule has 0 radical (unpaired) electrons. The second-order valence-corrected chi connectivity index (χ2v) is 6.85. The normalized spacial score (nSPS) is 12.7. The van der Waals surface area contributed by atoms with Crippen LogP contribution >= 0.6 is 0 Å². The summed E-state index contributed by atoms with van der Waals surface area (Å²) >= 11 is 0. The van der Waals surface area contributed by atoms with Crippen LogP contribution < -0.4 is 10.6 Å². The fourth-order valence-electron chi connectivity index (χ4n) is 2.94. The Labute approximate surface area is 166 Å². The first kappa shape index (κ1) is 19.7. The van der Waals surface area contributed by atoms with Gasteiger partial charge in [0.15, 0.2) is 5.96 Å². The van der Waals surface area contributed by atoms with E-state index < -0.39 is 0 Å². The molecule has 0 bridgehead atoms. The topological polar surface area (TPSA) is 72.1 Å². The van der Waals surface area contributed by atoms with Gasteiger partial charge in [-0.3, -0.25) is 9.67 Å². The minimum absolute atomic E-state index is 0.421. The smallest absolute Gasteiger partial charge is 0.191 e. The fourth-order valence-corrected chi connectivity index (χ4v) is 2.94. The number of hydrogen-bond donors (Lipinski definition) is 2. The van der Waals surface area contributed by atoms with E-state index in [-0.39, 0.29) is 0 Å². The molecule has 0 fully saturated rings. The van der Waals surface area contributed by atoms with Crippen LogP contribution in [0, 0.1) is 5.92 Å². The van der Waals surface area contributed by atoms with Crippen molar-refractivity contribution in [3.63, 3.8) is 0 Å². The van der Waals surface area contributed by atoms with Gasteiger partial charge in [-0.15, -0.1) is 0 Å². The van der Waals surface area contributed by atoms with Gasteiger partial charge >= 0.3 is 0 Å². The van der Waals surface area contributed by atoms with Gasteiger partial charge in [0.25, 0.3) is 0 Å². The molecule has 0 spiro atoms. The van der Waals surface area contributed by atoms with E-state index in [9.17, 15) is 0 Å². The summed E-state index contributed by atoms with van der Waals surface area (Å²) in [7, 11) is 0. The van der Waals surface area contributed by atoms with Gasteiger partial charge in [-0.25, -0.2) is 4.68 Å². The van der Waals surface area contributed by atoms with Gasteiger partial charge in [0.1, 0.15) is 0 Å². The zero-order valence-electron chi connectivity index (χ0n) is 16.6. The Morgan fingerprint density at radius 2 is 1.86 bits per heavy atom. The highest BCUT2D eigenvalue weighted by molar-refractivity contribution is 5.79. The molecule has 0 aliphatic carbocycles. The van der Waals surface area contributed by atoms with E-state index in [0.29, 0.717) is 5.92 Å². The third-order valence-corrected chi connectivity index (χ3v) is 4.37. The quantitative estimate of drug-likeness (QED) is 0.443. The zero-order valence-corrected chi connectivity index (χ0v) is 16.6. The Bertz CT molecular complexity index is 820. The highest BCUT2D eigenvalue weighted by Gasteiger charge is 2.04. The lowest BCUT2D eigenvalue weighted by molar-refractivity contribution is 0.458. The van der Waals surface area contributed by atoms with Gasteiger partial charge in [0.05, 0.1) is 5.69 Å². The fraction of sp³-hybridized carbons (Fsp3) is 0.381. The average molecular weight is 380 g/mol. The molecule has 1 unspecified atom stereocenters. The van der Waals surface area contributed by atoms with Crippen molar-refractivity contribution in [2.75, 3.05) is 19.6 Å². The number of rotatable bonds is 9. The Morgan fingerprint density at radius 1 is 1.07 bits per heavy atom. The summed E-state index contributed by atoms with van der Waals surface area (Å²) < 4.78 is 3.82. The number of nitrogens with one attached hydrogen (secondary N) is 2. The van der Waals surface area contributed by atoms with E-state index in [1.807, 2.05) is 40.1 Å². The van der Waals surface area contributed by atoms with Crippen LogP contribution in [0.25, 0.3) is 5.69 Å². The third kappa shape index (κ3) is 5.97. The molecule has 3 aromatic rings. The van der Waals surface area contributed by atoms with Crippen molar-refractivity contribution in [1.29, 1.82) is 0 Å². The van der Waals surface area contributed by atoms with Crippen LogP contribution in [0.5, 0.6) is 0 Å². The van der Waals surface area contributed by atoms with Gasteiger partial charge in [0.2, 0.25) is 0 Å². The van der Waals surface area contributed by atoms with E-state index in [2.05, 4.69) is 58.9 Å². The largest absolute Gasteiger partial charge is 0.357 e. The van der Waals surface area contributed by atoms with E-state index in [1.54, 1.807) is 6.20 Å². The number of benzene rings is 1. The van der Waals surface area contributed by atoms with Gasteiger partial charge < -0.3 is 10.6 Å². The molecule has 0 saturated heterocycles. The second kappa shape index (κ2) is 10.3. The molecule has 0 saturated carbocycles. The molecule has 28 heavy (non-hydrogen) atoms. The van der Waals surface area contributed by atoms with Crippen molar-refractivity contribution < 1.29 is 0 Å². The van der Waals surface area contributed by atoms with Crippen LogP contribution in [0.1, 0.15) is 19.4 Å². The molecule has 7 heteroatoms. The molecule has 0 aliphatic rings. The summed E-state index contributed by atoms with van der Waals surface area (Å²) in [4.78, 5) is 4.71. The van der Waals surface area contributed by atoms with Crippen LogP contribution in [-0.2, 0) is 13.0 Å². The number of nitrogens with zero attached hydrogens (tertiary/aromatic N) is 5. The first-order chi connectivity index (χ1) is 13.7. The lowest BCUT2D eigenvalue weighted by atomic mass is 10.1. The molecule has 1 aromatic carbocycles. The maximum atomic E-state index is 4.71. The van der Waals surface area contributed by atoms with Gasteiger partial charge in [0, 0.05) is 51.0 Å². The molecule has 0 amide bonds. The summed E-state index contributed by atoms with van der Waals surface area (Å²) in [5.74, 6) is 1.29. The molecule has 7 nitrogen and oxygen atoms in total. The van der Waals surface area contributed by atoms with Crippen molar-refractivity contribution in [3.05, 3.63) is 66.7 Å². The number of aromatic nitrogens is 4. The molecule has 2 N–H and O–H groups in total. The Hall–Kier alpha value is -3.09. The SMILES string of the molecule is CCNC(=NCC(C)Cn1cccn1)NCCc1ccc(-n2cccn2)cc1. The summed E-state index contributed by atoms with van der Waals surface area (Å²) in [6.45, 7) is 7.58. The second-order valence-electron chi connectivity index (χ2n) is 6.85. The lowest BCUT2D eigenvalue weighted by Gasteiger charge is -2.14. The van der Waals surface area contributed by atoms with Gasteiger partial charge in [-0.05, 0) is 49.1 Å². The lowest BCUT2D eigenvalue weighted by Crippen LogP contribution is -2.38. The summed E-state index contributed by atoms with van der Waals surface area (Å²) in [5.41, 5.74) is 2.36. The Balaban J connectivity index is 1.46. The standard InChI is InChI=1S/C21H29N7/c1-3-22-21(24-16-18(2)17-27-14-4-11-25-27)23-13-10-19-6-8-20(9-7-19)28-15-5-12-26-28/h4-9,11-12,14-15,18H,3,10,13,16-17H2,1-2H3,(H2,22,23,24). The van der Waals surface area contributed by atoms with Gasteiger partial charge in [-0.1, -0.05) is 19.1 Å². The number of hydrogen-bond acceptors (Lipinski definition) is 3. The Morgan fingerprint density at radius 3 is 2.54 bits per heavy atom. The van der Waals surface area contributed by atoms with Crippen molar-refractivity contribution >= 4 is 5.96 Å². The van der Waals surface area contributed by atoms with E-state index in [4.69, 9.17) is 4.99 Å². The molecule has 3 rings (SSSR count). The predicted molar refractivity (Wildman–Crippen MR) is 113 cm³/mol. The van der Waals surface area contributed by atoms with Crippen molar-refractivity contribution in [2.45, 2.75) is 26.8 Å². The van der Waals surface area contributed by atoms with E-state index >= 15 is 0 Å². The van der Waals surface area contributed by atoms with Crippen LogP contribution in [0.15, 0.2) is 66.2 Å². The number of guanidine groups is 1. The van der Waals surface area contributed by atoms with Crippen molar-refractivity contribution in [2.24, 2.45) is 10.9 Å². The monoisotopic (exact) mass is 379 g/mol. The summed E-state index contributed by atoms with van der Waals surface area (Å²) in [6, 6.07) is 12.4. The average Bonchev–Trinajstić information content (AvgIpc) is 3.41. The summed E-state index contributed by atoms with van der Waals surface area (Å²) in [5, 5.41) is 15.3. The molecule has 2 heterocycles. The first-order valence-electron chi connectivity index (χ1n) is 9.83. The van der Waals surface area contributed by atoms with Crippen LogP contribution in [0.4, 0.5) is 0 Å². The van der Waals surface area contributed by atoms with Crippen LogP contribution in [0.3, 0.4) is 0 Å². The number of aliphatic imine (C=N–C) groups is 1. The Kier molecular flexibility index (Phi) is 7.23. The van der Waals surface area contributed by atoms with Crippen molar-refractivity contribution in [1.82, 2.24) is 30.2 Å². The minimum atomic E-state index is 0.421. The van der Waals surface area contributed by atoms with Crippen LogP contribution in [0.2, 0.25) is 0 Å². The third-order valence-electron chi connectivity index (χ3n) is 4.37. The minimum Gasteiger partial charge on any atom is -0.357 e. The maximum absolute atomic E-state index is 4.71. The highest BCUT2D eigenvalue weighted by atomic mass is 15.3.